The molecule has 1 saturated heterocycles. The van der Waals surface area contributed by atoms with Crippen LogP contribution in [-0.2, 0) is 4.74 Å². The van der Waals surface area contributed by atoms with E-state index in [0.717, 1.165) is 0 Å². The molecular weight excluding hydrogens is 289 g/mol. The van der Waals surface area contributed by atoms with E-state index in [9.17, 15) is 14.3 Å². The lowest BCUT2D eigenvalue weighted by atomic mass is 10.2. The average Bonchev–Trinajstić information content (AvgIpc) is 2.83. The highest BCUT2D eigenvalue weighted by Gasteiger charge is 2.38. The topological polar surface area (TPSA) is 59.0 Å². The number of likely N-dealkylation sites (tertiary alicyclic amines) is 1. The van der Waals surface area contributed by atoms with Crippen molar-refractivity contribution in [1.82, 2.24) is 4.90 Å². The summed E-state index contributed by atoms with van der Waals surface area (Å²) in [4.78, 5) is 13.6. The molecule has 2 atom stereocenters. The molecule has 22 heavy (non-hydrogen) atoms. The van der Waals surface area contributed by atoms with Gasteiger partial charge in [0.1, 0.15) is 11.7 Å². The molecule has 0 aliphatic carbocycles. The first kappa shape index (κ1) is 16.5. The van der Waals surface area contributed by atoms with Gasteiger partial charge < -0.3 is 14.6 Å². The second-order valence-corrected chi connectivity index (χ2v) is 6.38. The summed E-state index contributed by atoms with van der Waals surface area (Å²) in [6.45, 7) is 5.41. The van der Waals surface area contributed by atoms with Crippen LogP contribution in [0, 0.1) is 5.82 Å². The predicted molar refractivity (Wildman–Crippen MR) is 79.2 cm³/mol. The Balaban J connectivity index is 2.03. The van der Waals surface area contributed by atoms with Gasteiger partial charge in [0.15, 0.2) is 11.6 Å². The summed E-state index contributed by atoms with van der Waals surface area (Å²) in [6, 6.07) is 5.74. The van der Waals surface area contributed by atoms with Crippen LogP contribution >= 0.6 is 0 Å². The average molecular weight is 311 g/mol. The van der Waals surface area contributed by atoms with Crippen LogP contribution in [0.2, 0.25) is 0 Å². The van der Waals surface area contributed by atoms with Crippen LogP contribution in [0.15, 0.2) is 24.3 Å². The van der Waals surface area contributed by atoms with E-state index in [1.54, 1.807) is 39.0 Å². The molecule has 1 heterocycles. The Hall–Kier alpha value is -1.82. The van der Waals surface area contributed by atoms with E-state index in [1.165, 1.54) is 11.0 Å². The van der Waals surface area contributed by atoms with Crippen LogP contribution in [0.1, 0.15) is 27.2 Å². The van der Waals surface area contributed by atoms with Crippen molar-refractivity contribution in [2.24, 2.45) is 0 Å². The van der Waals surface area contributed by atoms with E-state index in [-0.39, 0.29) is 31.0 Å². The molecule has 0 unspecified atom stereocenters. The van der Waals surface area contributed by atoms with Crippen LogP contribution < -0.4 is 4.74 Å². The molecule has 0 bridgehead atoms. The van der Waals surface area contributed by atoms with Crippen molar-refractivity contribution in [3.8, 4) is 5.75 Å². The van der Waals surface area contributed by atoms with E-state index in [0.29, 0.717) is 6.42 Å². The monoisotopic (exact) mass is 311 g/mol. The molecule has 5 nitrogen and oxygen atoms in total. The summed E-state index contributed by atoms with van der Waals surface area (Å²) in [7, 11) is 0. The number of halogens is 1. The highest BCUT2D eigenvalue weighted by Crippen LogP contribution is 2.26. The molecule has 1 aliphatic heterocycles. The number of hydrogen-bond acceptors (Lipinski definition) is 4. The van der Waals surface area contributed by atoms with Crippen molar-refractivity contribution < 1.29 is 23.8 Å². The number of ether oxygens (including phenoxy) is 2. The molecule has 0 saturated carbocycles. The minimum atomic E-state index is -0.610. The van der Waals surface area contributed by atoms with Crippen LogP contribution in [0.25, 0.3) is 0 Å². The van der Waals surface area contributed by atoms with Crippen LogP contribution in [0.4, 0.5) is 9.18 Å². The second-order valence-electron chi connectivity index (χ2n) is 6.38. The largest absolute Gasteiger partial charge is 0.485 e. The number of carbonyl (C=O) groups excluding carboxylic acids is 1. The first-order valence-electron chi connectivity index (χ1n) is 7.32. The first-order valence-corrected chi connectivity index (χ1v) is 7.32. The lowest BCUT2D eigenvalue weighted by Crippen LogP contribution is -2.41. The minimum Gasteiger partial charge on any atom is -0.485 e. The van der Waals surface area contributed by atoms with Crippen LogP contribution in [0.5, 0.6) is 5.75 Å². The molecular formula is C16H22FNO4. The van der Waals surface area contributed by atoms with Gasteiger partial charge in [-0.1, -0.05) is 12.1 Å². The number of hydrogen-bond donors (Lipinski definition) is 1. The Labute approximate surface area is 129 Å². The maximum absolute atomic E-state index is 13.6. The van der Waals surface area contributed by atoms with Crippen molar-refractivity contribution in [2.75, 3.05) is 13.2 Å². The number of nitrogens with zero attached hydrogens (tertiary/aromatic N) is 1. The van der Waals surface area contributed by atoms with Crippen LogP contribution in [0.3, 0.4) is 0 Å². The minimum absolute atomic E-state index is 0.148. The highest BCUT2D eigenvalue weighted by molar-refractivity contribution is 5.69. The van der Waals surface area contributed by atoms with E-state index in [4.69, 9.17) is 9.47 Å². The van der Waals surface area contributed by atoms with Crippen molar-refractivity contribution in [3.05, 3.63) is 30.1 Å². The molecule has 1 aromatic rings. The quantitative estimate of drug-likeness (QED) is 0.932. The Kier molecular flexibility index (Phi) is 4.90. The van der Waals surface area contributed by atoms with Gasteiger partial charge in [0, 0.05) is 6.42 Å². The fourth-order valence-corrected chi connectivity index (χ4v) is 2.40. The summed E-state index contributed by atoms with van der Waals surface area (Å²) in [6.07, 6.45) is -0.433. The van der Waals surface area contributed by atoms with Gasteiger partial charge in [-0.05, 0) is 32.9 Å². The molecule has 2 rings (SSSR count). The van der Waals surface area contributed by atoms with Gasteiger partial charge in [0.25, 0.3) is 0 Å². The molecule has 122 valence electrons. The summed E-state index contributed by atoms with van der Waals surface area (Å²) in [5, 5.41) is 9.44. The second kappa shape index (κ2) is 6.52. The van der Waals surface area contributed by atoms with Gasteiger partial charge in [-0.15, -0.1) is 0 Å². The van der Waals surface area contributed by atoms with Crippen molar-refractivity contribution >= 4 is 6.09 Å². The molecule has 0 radical (unpaired) electrons. The predicted octanol–water partition coefficient (Wildman–Crippen LogP) is 2.57. The Morgan fingerprint density at radius 3 is 2.68 bits per heavy atom. The fourth-order valence-electron chi connectivity index (χ4n) is 2.40. The number of benzene rings is 1. The number of amides is 1. The molecule has 1 aromatic carbocycles. The lowest BCUT2D eigenvalue weighted by molar-refractivity contribution is 0.0165. The fraction of sp³-hybridized carbons (Fsp3) is 0.562. The van der Waals surface area contributed by atoms with Crippen molar-refractivity contribution in [3.63, 3.8) is 0 Å². The van der Waals surface area contributed by atoms with Gasteiger partial charge >= 0.3 is 6.09 Å². The molecule has 1 N–H and O–H groups in total. The van der Waals surface area contributed by atoms with E-state index < -0.39 is 17.5 Å². The number of aliphatic hydroxyl groups excluding tert-OH is 1. The third kappa shape index (κ3) is 4.10. The number of aliphatic hydroxyl groups is 1. The highest BCUT2D eigenvalue weighted by atomic mass is 19.1. The first-order chi connectivity index (χ1) is 10.3. The summed E-state index contributed by atoms with van der Waals surface area (Å²) in [5.74, 6) is -0.297. The zero-order valence-corrected chi connectivity index (χ0v) is 13.1. The molecule has 1 amide bonds. The lowest BCUT2D eigenvalue weighted by Gasteiger charge is -2.27. The molecule has 1 fully saturated rings. The van der Waals surface area contributed by atoms with Gasteiger partial charge in [0.05, 0.1) is 19.2 Å². The standard InChI is InChI=1S/C16H22FNO4/c1-16(2,3)22-15(20)18-9-12(8-11(18)10-19)21-14-7-5-4-6-13(14)17/h4-7,11-12,19H,8-10H2,1-3H3/t11-,12+/m0/s1. The van der Waals surface area contributed by atoms with Gasteiger partial charge in [-0.2, -0.15) is 0 Å². The molecule has 1 aliphatic rings. The zero-order chi connectivity index (χ0) is 16.3. The summed E-state index contributed by atoms with van der Waals surface area (Å²) >= 11 is 0. The SMILES string of the molecule is CC(C)(C)OC(=O)N1C[C@H](Oc2ccccc2F)C[C@H]1CO. The van der Waals surface area contributed by atoms with E-state index in [1.807, 2.05) is 0 Å². The van der Waals surface area contributed by atoms with Crippen LogP contribution in [-0.4, -0.2) is 47.0 Å². The Morgan fingerprint density at radius 2 is 2.09 bits per heavy atom. The Bertz CT molecular complexity index is 529. The van der Waals surface area contributed by atoms with Gasteiger partial charge in [-0.25, -0.2) is 9.18 Å². The zero-order valence-electron chi connectivity index (χ0n) is 13.1. The molecule has 0 spiro atoms. The summed E-state index contributed by atoms with van der Waals surface area (Å²) < 4.78 is 24.6. The van der Waals surface area contributed by atoms with E-state index >= 15 is 0 Å². The van der Waals surface area contributed by atoms with Crippen molar-refractivity contribution in [1.29, 1.82) is 0 Å². The normalized spacial score (nSPS) is 21.8. The van der Waals surface area contributed by atoms with E-state index in [2.05, 4.69) is 0 Å². The Morgan fingerprint density at radius 1 is 1.41 bits per heavy atom. The van der Waals surface area contributed by atoms with Gasteiger partial charge in [-0.3, -0.25) is 4.90 Å². The third-order valence-corrected chi connectivity index (χ3v) is 3.35. The summed E-state index contributed by atoms with van der Waals surface area (Å²) in [5.41, 5.74) is -0.610. The molecule has 6 heteroatoms. The molecule has 0 aromatic heterocycles. The number of carbonyl (C=O) groups is 1. The third-order valence-electron chi connectivity index (χ3n) is 3.35. The van der Waals surface area contributed by atoms with Crippen molar-refractivity contribution in [2.45, 2.75) is 44.9 Å². The maximum atomic E-state index is 13.6. The smallest absolute Gasteiger partial charge is 0.410 e. The number of rotatable bonds is 3. The number of para-hydroxylation sites is 1. The maximum Gasteiger partial charge on any atom is 0.410 e. The van der Waals surface area contributed by atoms with Gasteiger partial charge in [0.2, 0.25) is 0 Å².